The van der Waals surface area contributed by atoms with E-state index < -0.39 is 62.1 Å². The number of halogens is 6. The molecule has 1 amide bonds. The molecular weight excluding hydrogens is 582 g/mol. The summed E-state index contributed by atoms with van der Waals surface area (Å²) in [6.45, 7) is 2.33. The van der Waals surface area contributed by atoms with Crippen LogP contribution in [0.3, 0.4) is 0 Å². The van der Waals surface area contributed by atoms with E-state index in [0.717, 1.165) is 32.4 Å². The summed E-state index contributed by atoms with van der Waals surface area (Å²) in [5, 5.41) is 8.93. The fraction of sp³-hybridized carbons (Fsp3) is 0.360. The molecule has 41 heavy (non-hydrogen) atoms. The highest BCUT2D eigenvalue weighted by atomic mass is 32.2. The number of benzene rings is 1. The second-order valence-corrected chi connectivity index (χ2v) is 11.5. The Bertz CT molecular complexity index is 1640. The van der Waals surface area contributed by atoms with Gasteiger partial charge in [-0.2, -0.15) is 26.3 Å². The average Bonchev–Trinajstić information content (AvgIpc) is 3.66. The molecule has 0 aliphatic heterocycles. The van der Waals surface area contributed by atoms with Crippen molar-refractivity contribution in [2.75, 3.05) is 18.7 Å². The van der Waals surface area contributed by atoms with E-state index >= 15 is 0 Å². The molecule has 0 spiro atoms. The third kappa shape index (κ3) is 5.78. The lowest BCUT2D eigenvalue weighted by Gasteiger charge is -2.21. The first-order chi connectivity index (χ1) is 18.9. The lowest BCUT2D eigenvalue weighted by Crippen LogP contribution is -2.29. The molecule has 4 rings (SSSR count). The monoisotopic (exact) mass is 604 g/mol. The summed E-state index contributed by atoms with van der Waals surface area (Å²) in [5.74, 6) is -2.59. The number of sulfone groups is 1. The van der Waals surface area contributed by atoms with Crippen LogP contribution in [0.2, 0.25) is 0 Å². The summed E-state index contributed by atoms with van der Waals surface area (Å²) >= 11 is 0. The first-order valence-corrected chi connectivity index (χ1v) is 13.6. The third-order valence-electron chi connectivity index (χ3n) is 6.50. The molecular formula is C25H22F6N4O5S. The van der Waals surface area contributed by atoms with Crippen LogP contribution in [0.4, 0.5) is 32.0 Å². The van der Waals surface area contributed by atoms with Crippen molar-refractivity contribution in [3.63, 3.8) is 0 Å². The predicted octanol–water partition coefficient (Wildman–Crippen LogP) is 5.56. The largest absolute Gasteiger partial charge is 0.478 e. The molecule has 1 N–H and O–H groups in total. The van der Waals surface area contributed by atoms with Gasteiger partial charge in [0.25, 0.3) is 17.7 Å². The number of hydrogen-bond donors (Lipinski definition) is 1. The van der Waals surface area contributed by atoms with Gasteiger partial charge in [-0.05, 0) is 62.1 Å². The van der Waals surface area contributed by atoms with Crippen molar-refractivity contribution in [3.05, 3.63) is 58.4 Å². The standard InChI is InChI=1S/C25H22F6N4O5S/c1-12-10-16(23(8-9-23)25(29,30)31)33-22(39-3)18(12)40-21-17(13(2)19(34-35-21)24(26,27)28)20(36)32-14-6-5-7-15(11-14)41(4,37)38/h5-7,10-11H,8-9H2,1-4H3,(H,32,36). The minimum atomic E-state index is -5.01. The van der Waals surface area contributed by atoms with E-state index in [2.05, 4.69) is 20.5 Å². The fourth-order valence-corrected chi connectivity index (χ4v) is 4.82. The second-order valence-electron chi connectivity index (χ2n) is 9.45. The van der Waals surface area contributed by atoms with E-state index in [1.54, 1.807) is 0 Å². The van der Waals surface area contributed by atoms with E-state index in [4.69, 9.17) is 9.47 Å². The molecule has 220 valence electrons. The lowest BCUT2D eigenvalue weighted by atomic mass is 9.99. The van der Waals surface area contributed by atoms with Crippen LogP contribution in [-0.2, 0) is 21.4 Å². The topological polar surface area (TPSA) is 120 Å². The Morgan fingerprint density at radius 3 is 2.22 bits per heavy atom. The Kier molecular flexibility index (Phi) is 7.43. The molecule has 2 aromatic heterocycles. The number of methoxy groups -OCH3 is 1. The molecule has 9 nitrogen and oxygen atoms in total. The highest BCUT2D eigenvalue weighted by Crippen LogP contribution is 2.59. The maximum absolute atomic E-state index is 13.7. The van der Waals surface area contributed by atoms with E-state index in [1.807, 2.05) is 0 Å². The minimum Gasteiger partial charge on any atom is -0.478 e. The fourth-order valence-electron chi connectivity index (χ4n) is 4.15. The van der Waals surface area contributed by atoms with Gasteiger partial charge in [0.05, 0.1) is 17.7 Å². The Morgan fingerprint density at radius 2 is 1.68 bits per heavy atom. The van der Waals surface area contributed by atoms with Crippen LogP contribution < -0.4 is 14.8 Å². The van der Waals surface area contributed by atoms with Gasteiger partial charge >= 0.3 is 12.4 Å². The van der Waals surface area contributed by atoms with Crippen LogP contribution in [0.1, 0.15) is 45.7 Å². The molecule has 0 unspecified atom stereocenters. The zero-order valence-corrected chi connectivity index (χ0v) is 22.7. The molecule has 1 aliphatic rings. The Morgan fingerprint density at radius 1 is 1.02 bits per heavy atom. The first-order valence-electron chi connectivity index (χ1n) is 11.8. The lowest BCUT2D eigenvalue weighted by molar-refractivity contribution is -0.161. The van der Waals surface area contributed by atoms with Gasteiger partial charge in [0.2, 0.25) is 0 Å². The van der Waals surface area contributed by atoms with Gasteiger partial charge < -0.3 is 14.8 Å². The van der Waals surface area contributed by atoms with E-state index in [-0.39, 0.29) is 40.4 Å². The normalized spacial score (nSPS) is 14.9. The van der Waals surface area contributed by atoms with E-state index in [9.17, 15) is 39.6 Å². The number of amides is 1. The first kappa shape index (κ1) is 30.0. The van der Waals surface area contributed by atoms with Crippen LogP contribution >= 0.6 is 0 Å². The Balaban J connectivity index is 1.80. The van der Waals surface area contributed by atoms with Gasteiger partial charge in [-0.3, -0.25) is 4.79 Å². The molecule has 16 heteroatoms. The SMILES string of the molecule is COc1nc(C2(C(F)(F)F)CC2)cc(C)c1Oc1nnc(C(F)(F)F)c(C)c1C(=O)Nc1cccc(S(C)(=O)=O)c1. The van der Waals surface area contributed by atoms with Crippen molar-refractivity contribution in [3.8, 4) is 17.5 Å². The number of aromatic nitrogens is 3. The maximum Gasteiger partial charge on any atom is 0.435 e. The van der Waals surface area contributed by atoms with Gasteiger partial charge in [-0.25, -0.2) is 13.4 Å². The highest BCUT2D eigenvalue weighted by molar-refractivity contribution is 7.90. The van der Waals surface area contributed by atoms with Gasteiger partial charge in [0, 0.05) is 11.9 Å². The number of anilines is 1. The Labute approximate surface area is 229 Å². The van der Waals surface area contributed by atoms with Gasteiger partial charge in [0.1, 0.15) is 11.0 Å². The van der Waals surface area contributed by atoms with Crippen LogP contribution in [0.15, 0.2) is 35.2 Å². The summed E-state index contributed by atoms with van der Waals surface area (Å²) in [7, 11) is -2.57. The van der Waals surface area contributed by atoms with Crippen molar-refractivity contribution in [1.82, 2.24) is 15.2 Å². The zero-order chi connectivity index (χ0) is 30.5. The molecule has 1 saturated carbocycles. The predicted molar refractivity (Wildman–Crippen MR) is 132 cm³/mol. The van der Waals surface area contributed by atoms with Crippen LogP contribution in [0.5, 0.6) is 17.5 Å². The number of pyridine rings is 1. The number of ether oxygens (including phenoxy) is 2. The molecule has 1 aliphatic carbocycles. The van der Waals surface area contributed by atoms with Crippen LogP contribution in [0.25, 0.3) is 0 Å². The molecule has 0 bridgehead atoms. The van der Waals surface area contributed by atoms with Crippen molar-refractivity contribution in [1.29, 1.82) is 0 Å². The van der Waals surface area contributed by atoms with Crippen LogP contribution in [0, 0.1) is 13.8 Å². The average molecular weight is 605 g/mol. The zero-order valence-electron chi connectivity index (χ0n) is 21.9. The van der Waals surface area contributed by atoms with Crippen molar-refractivity contribution in [2.24, 2.45) is 0 Å². The van der Waals surface area contributed by atoms with E-state index in [1.165, 1.54) is 25.1 Å². The number of aryl methyl sites for hydroxylation is 1. The number of rotatable bonds is 7. The van der Waals surface area contributed by atoms with E-state index in [0.29, 0.717) is 0 Å². The number of nitrogens with zero attached hydrogens (tertiary/aromatic N) is 3. The van der Waals surface area contributed by atoms with Crippen molar-refractivity contribution in [2.45, 2.75) is 49.4 Å². The van der Waals surface area contributed by atoms with Crippen LogP contribution in [-0.4, -0.2) is 49.0 Å². The number of carbonyl (C=O) groups excluding carboxylic acids is 1. The molecule has 1 fully saturated rings. The van der Waals surface area contributed by atoms with Gasteiger partial charge in [-0.15, -0.1) is 10.2 Å². The van der Waals surface area contributed by atoms with Crippen molar-refractivity contribution >= 4 is 21.4 Å². The number of nitrogens with one attached hydrogen (secondary N) is 1. The highest BCUT2D eigenvalue weighted by Gasteiger charge is 2.65. The van der Waals surface area contributed by atoms with Gasteiger partial charge in [0.15, 0.2) is 21.3 Å². The molecule has 0 saturated heterocycles. The summed E-state index contributed by atoms with van der Waals surface area (Å²) in [6, 6.07) is 6.12. The summed E-state index contributed by atoms with van der Waals surface area (Å²) < 4.78 is 117. The molecule has 1 aromatic carbocycles. The second kappa shape index (κ2) is 10.2. The minimum absolute atomic E-state index is 0.0599. The number of carbonyl (C=O) groups is 1. The van der Waals surface area contributed by atoms with Gasteiger partial charge in [-0.1, -0.05) is 6.07 Å². The molecule has 3 aromatic rings. The summed E-state index contributed by atoms with van der Waals surface area (Å²) in [5.41, 5.74) is -5.32. The summed E-state index contributed by atoms with van der Waals surface area (Å²) in [4.78, 5) is 17.1. The number of alkyl halides is 6. The third-order valence-corrected chi connectivity index (χ3v) is 7.61. The Hall–Kier alpha value is -3.95. The number of hydrogen-bond acceptors (Lipinski definition) is 8. The molecule has 0 radical (unpaired) electrons. The molecule has 2 heterocycles. The smallest absolute Gasteiger partial charge is 0.435 e. The summed E-state index contributed by atoms with van der Waals surface area (Å²) in [6.07, 6.45) is -9.01. The van der Waals surface area contributed by atoms with Crippen molar-refractivity contribution < 1.29 is 49.0 Å². The maximum atomic E-state index is 13.7. The molecule has 0 atom stereocenters. The quantitative estimate of drug-likeness (QED) is 0.348.